The zero-order valence-corrected chi connectivity index (χ0v) is 11.8. The van der Waals surface area contributed by atoms with E-state index in [4.69, 9.17) is 9.47 Å². The van der Waals surface area contributed by atoms with Gasteiger partial charge in [-0.1, -0.05) is 18.2 Å². The fourth-order valence-corrected chi connectivity index (χ4v) is 3.34. The highest BCUT2D eigenvalue weighted by molar-refractivity contribution is 5.84. The van der Waals surface area contributed by atoms with E-state index in [2.05, 4.69) is 6.58 Å². The predicted octanol–water partition coefficient (Wildman–Crippen LogP) is 3.26. The van der Waals surface area contributed by atoms with Crippen LogP contribution in [0.3, 0.4) is 0 Å². The van der Waals surface area contributed by atoms with Crippen LogP contribution in [0.25, 0.3) is 0 Å². The van der Waals surface area contributed by atoms with Gasteiger partial charge < -0.3 is 9.47 Å². The first-order valence-electron chi connectivity index (χ1n) is 7.26. The molecule has 0 bridgehead atoms. The molecule has 1 aliphatic heterocycles. The summed E-state index contributed by atoms with van der Waals surface area (Å²) in [6.07, 6.45) is 10.2. The molecular formula is C16H24O3. The van der Waals surface area contributed by atoms with Gasteiger partial charge >= 0.3 is 0 Å². The molecule has 0 N–H and O–H groups in total. The van der Waals surface area contributed by atoms with E-state index in [9.17, 15) is 4.79 Å². The lowest BCUT2D eigenvalue weighted by molar-refractivity contribution is -0.200. The van der Waals surface area contributed by atoms with Crippen molar-refractivity contribution < 1.29 is 14.3 Å². The minimum Gasteiger partial charge on any atom is -0.346 e. The van der Waals surface area contributed by atoms with Crippen molar-refractivity contribution in [3.05, 3.63) is 24.8 Å². The molecule has 0 spiro atoms. The van der Waals surface area contributed by atoms with E-state index in [1.54, 1.807) is 0 Å². The van der Waals surface area contributed by atoms with Crippen molar-refractivity contribution in [1.82, 2.24) is 0 Å². The van der Waals surface area contributed by atoms with Crippen LogP contribution < -0.4 is 0 Å². The second kappa shape index (κ2) is 6.49. The summed E-state index contributed by atoms with van der Waals surface area (Å²) >= 11 is 0. The highest BCUT2D eigenvalue weighted by Crippen LogP contribution is 2.45. The summed E-state index contributed by atoms with van der Waals surface area (Å²) in [5.41, 5.74) is 0. The molecule has 1 saturated carbocycles. The molecule has 0 aromatic heterocycles. The summed E-state index contributed by atoms with van der Waals surface area (Å²) in [5.74, 6) is -0.133. The molecule has 0 radical (unpaired) electrons. The molecule has 0 aromatic rings. The fourth-order valence-electron chi connectivity index (χ4n) is 3.34. The van der Waals surface area contributed by atoms with Gasteiger partial charge in [-0.25, -0.2) is 0 Å². The second-order valence-electron chi connectivity index (χ2n) is 5.39. The Hall–Kier alpha value is -0.930. The Labute approximate surface area is 115 Å². The molecular weight excluding hydrogens is 240 g/mol. The van der Waals surface area contributed by atoms with Gasteiger partial charge in [0.25, 0.3) is 0 Å². The van der Waals surface area contributed by atoms with Crippen LogP contribution in [0.1, 0.15) is 39.0 Å². The Morgan fingerprint density at radius 2 is 2.16 bits per heavy atom. The van der Waals surface area contributed by atoms with Gasteiger partial charge in [-0.15, -0.1) is 6.58 Å². The molecule has 3 heteroatoms. The van der Waals surface area contributed by atoms with Crippen molar-refractivity contribution in [2.45, 2.75) is 44.8 Å². The first kappa shape index (κ1) is 14.5. The third-order valence-corrected chi connectivity index (χ3v) is 4.21. The highest BCUT2D eigenvalue weighted by atomic mass is 16.7. The summed E-state index contributed by atoms with van der Waals surface area (Å²) in [6, 6.07) is 0. The summed E-state index contributed by atoms with van der Waals surface area (Å²) in [6.45, 7) is 6.94. The van der Waals surface area contributed by atoms with Crippen molar-refractivity contribution in [1.29, 1.82) is 0 Å². The van der Waals surface area contributed by atoms with Gasteiger partial charge in [-0.2, -0.15) is 0 Å². The third-order valence-electron chi connectivity index (χ3n) is 4.21. The minimum absolute atomic E-state index is 0.105. The largest absolute Gasteiger partial charge is 0.346 e. The fraction of sp³-hybridized carbons (Fsp3) is 0.688. The molecule has 3 nitrogen and oxygen atoms in total. The second-order valence-corrected chi connectivity index (χ2v) is 5.39. The number of carbonyl (C=O) groups excluding carboxylic acids is 1. The first-order valence-corrected chi connectivity index (χ1v) is 7.26. The Morgan fingerprint density at radius 3 is 2.79 bits per heavy atom. The maximum Gasteiger partial charge on any atom is 0.181 e. The number of allylic oxidation sites excluding steroid dienone is 2. The van der Waals surface area contributed by atoms with Crippen molar-refractivity contribution in [2.24, 2.45) is 11.8 Å². The highest BCUT2D eigenvalue weighted by Gasteiger charge is 2.52. The topological polar surface area (TPSA) is 35.5 Å². The molecule has 1 heterocycles. The lowest BCUT2D eigenvalue weighted by atomic mass is 9.82. The van der Waals surface area contributed by atoms with E-state index in [0.717, 1.165) is 19.3 Å². The number of ether oxygens (including phenoxy) is 2. The molecule has 2 fully saturated rings. The van der Waals surface area contributed by atoms with Crippen LogP contribution in [0.4, 0.5) is 0 Å². The number of ketones is 1. The van der Waals surface area contributed by atoms with Gasteiger partial charge in [-0.05, 0) is 32.1 Å². The normalized spacial score (nSPS) is 30.3. The van der Waals surface area contributed by atoms with Crippen molar-refractivity contribution >= 4 is 5.78 Å². The third kappa shape index (κ3) is 2.98. The lowest BCUT2D eigenvalue weighted by Gasteiger charge is -2.35. The van der Waals surface area contributed by atoms with Crippen LogP contribution in [0.5, 0.6) is 0 Å². The van der Waals surface area contributed by atoms with Crippen LogP contribution in [-0.4, -0.2) is 24.8 Å². The summed E-state index contributed by atoms with van der Waals surface area (Å²) in [5, 5.41) is 0. The minimum atomic E-state index is -0.702. The van der Waals surface area contributed by atoms with Gasteiger partial charge in [0.05, 0.1) is 19.1 Å². The van der Waals surface area contributed by atoms with Gasteiger partial charge in [0.15, 0.2) is 5.79 Å². The van der Waals surface area contributed by atoms with Gasteiger partial charge in [0, 0.05) is 12.8 Å². The van der Waals surface area contributed by atoms with E-state index < -0.39 is 5.79 Å². The zero-order valence-electron chi connectivity index (χ0n) is 11.8. The standard InChI is InChI=1S/C16H24O3/c1-3-5-7-13-8-9-14(17)15(13)16(10-6-4-2)18-11-12-19-16/h3-4,6,13,15H,1,5,7-12H2,2H3/b6-4+/t13-,15+/m1/s1. The van der Waals surface area contributed by atoms with E-state index in [1.807, 2.05) is 25.2 Å². The molecule has 19 heavy (non-hydrogen) atoms. The molecule has 106 valence electrons. The van der Waals surface area contributed by atoms with E-state index in [1.165, 1.54) is 0 Å². The number of Topliss-reactive ketones (excluding diaryl/α,β-unsaturated/α-hetero) is 1. The summed E-state index contributed by atoms with van der Waals surface area (Å²) in [4.78, 5) is 12.3. The van der Waals surface area contributed by atoms with Crippen LogP contribution >= 0.6 is 0 Å². The Morgan fingerprint density at radius 1 is 1.42 bits per heavy atom. The van der Waals surface area contributed by atoms with Gasteiger partial charge in [0.1, 0.15) is 5.78 Å². The van der Waals surface area contributed by atoms with Crippen LogP contribution in [-0.2, 0) is 14.3 Å². The van der Waals surface area contributed by atoms with E-state index in [-0.39, 0.29) is 5.92 Å². The Kier molecular flexibility index (Phi) is 4.94. The van der Waals surface area contributed by atoms with E-state index in [0.29, 0.717) is 37.8 Å². The average molecular weight is 264 g/mol. The Bertz CT molecular complexity index is 353. The van der Waals surface area contributed by atoms with Crippen LogP contribution in [0.15, 0.2) is 24.8 Å². The quantitative estimate of drug-likeness (QED) is 0.691. The molecule has 2 aliphatic rings. The Balaban J connectivity index is 2.17. The smallest absolute Gasteiger partial charge is 0.181 e. The van der Waals surface area contributed by atoms with Crippen LogP contribution in [0.2, 0.25) is 0 Å². The van der Waals surface area contributed by atoms with Crippen molar-refractivity contribution in [3.8, 4) is 0 Å². The summed E-state index contributed by atoms with van der Waals surface area (Å²) < 4.78 is 11.8. The van der Waals surface area contributed by atoms with Gasteiger partial charge in [-0.3, -0.25) is 4.79 Å². The van der Waals surface area contributed by atoms with Crippen molar-refractivity contribution in [2.75, 3.05) is 13.2 Å². The first-order chi connectivity index (χ1) is 9.23. The molecule has 0 amide bonds. The number of hydrogen-bond donors (Lipinski definition) is 0. The molecule has 1 saturated heterocycles. The molecule has 0 unspecified atom stereocenters. The predicted molar refractivity (Wildman–Crippen MR) is 74.7 cm³/mol. The lowest BCUT2D eigenvalue weighted by Crippen LogP contribution is -2.44. The molecule has 2 atom stereocenters. The molecule has 1 aliphatic carbocycles. The number of rotatable bonds is 6. The van der Waals surface area contributed by atoms with Crippen LogP contribution in [0, 0.1) is 11.8 Å². The number of carbonyl (C=O) groups is 1. The van der Waals surface area contributed by atoms with Crippen molar-refractivity contribution in [3.63, 3.8) is 0 Å². The number of hydrogen-bond acceptors (Lipinski definition) is 3. The molecule has 0 aromatic carbocycles. The van der Waals surface area contributed by atoms with E-state index >= 15 is 0 Å². The maximum absolute atomic E-state index is 12.3. The molecule has 2 rings (SSSR count). The van der Waals surface area contributed by atoms with Gasteiger partial charge in [0.2, 0.25) is 0 Å². The average Bonchev–Trinajstić information content (AvgIpc) is 3.01. The summed E-state index contributed by atoms with van der Waals surface area (Å²) in [7, 11) is 0. The monoisotopic (exact) mass is 264 g/mol. The zero-order chi connectivity index (χ0) is 13.7. The maximum atomic E-state index is 12.3. The SMILES string of the molecule is C=CCC[C@@H]1CCC(=O)[C@H]1C1(C/C=C/C)OCCO1.